The zero-order valence-electron chi connectivity index (χ0n) is 7.94. The van der Waals surface area contributed by atoms with Gasteiger partial charge in [0, 0.05) is 6.54 Å². The standard InChI is InChI=1S/C6H6.C5H9NS/c1-2-4-6-5-3-1;1-2-3-4-6-5-7/h1-6H;2-4H2,1H3. The Labute approximate surface area is 85.5 Å². The number of benzene rings is 1. The van der Waals surface area contributed by atoms with E-state index in [0.29, 0.717) is 0 Å². The van der Waals surface area contributed by atoms with Gasteiger partial charge in [0.2, 0.25) is 0 Å². The van der Waals surface area contributed by atoms with Crippen LogP contribution in [0, 0.1) is 0 Å². The molecule has 0 fully saturated rings. The topological polar surface area (TPSA) is 12.4 Å². The summed E-state index contributed by atoms with van der Waals surface area (Å²) >= 11 is 4.35. The molecule has 0 bridgehead atoms. The average molecular weight is 193 g/mol. The summed E-state index contributed by atoms with van der Waals surface area (Å²) in [6.45, 7) is 2.97. The van der Waals surface area contributed by atoms with Gasteiger partial charge < -0.3 is 0 Å². The van der Waals surface area contributed by atoms with Crippen LogP contribution in [0.4, 0.5) is 0 Å². The molecule has 0 aliphatic carbocycles. The van der Waals surface area contributed by atoms with Crippen LogP contribution in [0.5, 0.6) is 0 Å². The van der Waals surface area contributed by atoms with Crippen molar-refractivity contribution in [3.63, 3.8) is 0 Å². The Hall–Kier alpha value is -0.980. The molecule has 0 amide bonds. The maximum atomic E-state index is 4.35. The molecule has 0 aliphatic rings. The van der Waals surface area contributed by atoms with Crippen molar-refractivity contribution < 1.29 is 0 Å². The molecule has 0 spiro atoms. The molecule has 0 aromatic heterocycles. The second-order valence-electron chi connectivity index (χ2n) is 2.48. The summed E-state index contributed by atoms with van der Waals surface area (Å²) in [7, 11) is 0. The van der Waals surface area contributed by atoms with Crippen molar-refractivity contribution in [2.45, 2.75) is 19.8 Å². The van der Waals surface area contributed by atoms with Gasteiger partial charge >= 0.3 is 0 Å². The van der Waals surface area contributed by atoms with Gasteiger partial charge in [0.1, 0.15) is 0 Å². The Morgan fingerprint density at radius 1 is 1.08 bits per heavy atom. The molecule has 0 heterocycles. The molecular weight excluding hydrogens is 178 g/mol. The number of hydrogen-bond acceptors (Lipinski definition) is 2. The highest BCUT2D eigenvalue weighted by atomic mass is 32.1. The molecule has 1 aromatic carbocycles. The normalized spacial score (nSPS) is 7.77. The van der Waals surface area contributed by atoms with Crippen molar-refractivity contribution in [3.8, 4) is 0 Å². The van der Waals surface area contributed by atoms with Crippen LogP contribution in [0.3, 0.4) is 0 Å². The molecule has 1 rings (SSSR count). The fraction of sp³-hybridized carbons (Fsp3) is 0.364. The summed E-state index contributed by atoms with van der Waals surface area (Å²) in [6, 6.07) is 12.0. The lowest BCUT2D eigenvalue weighted by Gasteiger charge is -1.81. The van der Waals surface area contributed by atoms with E-state index in [1.54, 1.807) is 0 Å². The van der Waals surface area contributed by atoms with E-state index >= 15 is 0 Å². The fourth-order valence-corrected chi connectivity index (χ4v) is 0.759. The van der Waals surface area contributed by atoms with Crippen LogP contribution in [0.1, 0.15) is 19.8 Å². The lowest BCUT2D eigenvalue weighted by molar-refractivity contribution is 0.811. The van der Waals surface area contributed by atoms with E-state index in [9.17, 15) is 0 Å². The monoisotopic (exact) mass is 193 g/mol. The summed E-state index contributed by atoms with van der Waals surface area (Å²) in [5.74, 6) is 0. The van der Waals surface area contributed by atoms with Crippen LogP contribution in [0.2, 0.25) is 0 Å². The Morgan fingerprint density at radius 2 is 1.54 bits per heavy atom. The summed E-state index contributed by atoms with van der Waals surface area (Å²) in [5, 5.41) is 2.31. The molecular formula is C11H15NS. The van der Waals surface area contributed by atoms with Gasteiger partial charge in [-0.15, -0.1) is 0 Å². The first-order valence-corrected chi connectivity index (χ1v) is 4.86. The maximum absolute atomic E-state index is 4.35. The largest absolute Gasteiger partial charge is 0.233 e. The third-order valence-corrected chi connectivity index (χ3v) is 1.48. The van der Waals surface area contributed by atoms with E-state index < -0.39 is 0 Å². The maximum Gasteiger partial charge on any atom is 0.0584 e. The summed E-state index contributed by atoms with van der Waals surface area (Å²) in [5.41, 5.74) is 0. The van der Waals surface area contributed by atoms with Gasteiger partial charge in [0.25, 0.3) is 0 Å². The predicted molar refractivity (Wildman–Crippen MR) is 61.2 cm³/mol. The Bertz CT molecular complexity index is 200. The van der Waals surface area contributed by atoms with Gasteiger partial charge in [-0.05, 0) is 18.6 Å². The van der Waals surface area contributed by atoms with Crippen LogP contribution in [0.15, 0.2) is 41.4 Å². The van der Waals surface area contributed by atoms with Gasteiger partial charge in [-0.3, -0.25) is 0 Å². The predicted octanol–water partition coefficient (Wildman–Crippen LogP) is 3.58. The minimum atomic E-state index is 0.847. The first-order chi connectivity index (χ1) is 6.41. The SMILES string of the molecule is CCCCN=C=S.c1ccccc1. The van der Waals surface area contributed by atoms with E-state index in [1.807, 2.05) is 36.4 Å². The van der Waals surface area contributed by atoms with Crippen LogP contribution in [-0.4, -0.2) is 11.7 Å². The molecule has 0 saturated heterocycles. The molecule has 13 heavy (non-hydrogen) atoms. The summed E-state index contributed by atoms with van der Waals surface area (Å²) in [4.78, 5) is 3.73. The molecule has 1 aromatic rings. The highest BCUT2D eigenvalue weighted by Gasteiger charge is 1.73. The minimum Gasteiger partial charge on any atom is -0.233 e. The van der Waals surface area contributed by atoms with Gasteiger partial charge in [-0.2, -0.15) is 0 Å². The lowest BCUT2D eigenvalue weighted by atomic mass is 10.3. The lowest BCUT2D eigenvalue weighted by Crippen LogP contribution is -1.74. The van der Waals surface area contributed by atoms with Crippen LogP contribution in [0.25, 0.3) is 0 Å². The number of thiocarbonyl (C=S) groups is 1. The molecule has 0 N–H and O–H groups in total. The molecule has 0 radical (unpaired) electrons. The molecule has 2 heteroatoms. The van der Waals surface area contributed by atoms with Gasteiger partial charge in [-0.25, -0.2) is 4.99 Å². The van der Waals surface area contributed by atoms with Crippen molar-refractivity contribution in [1.29, 1.82) is 0 Å². The van der Waals surface area contributed by atoms with Crippen molar-refractivity contribution in [2.75, 3.05) is 6.54 Å². The molecule has 0 unspecified atom stereocenters. The van der Waals surface area contributed by atoms with E-state index in [0.717, 1.165) is 13.0 Å². The second-order valence-corrected chi connectivity index (χ2v) is 2.66. The van der Waals surface area contributed by atoms with Crippen LogP contribution < -0.4 is 0 Å². The zero-order chi connectivity index (χ0) is 9.78. The van der Waals surface area contributed by atoms with E-state index in [4.69, 9.17) is 0 Å². The van der Waals surface area contributed by atoms with E-state index in [2.05, 4.69) is 29.3 Å². The zero-order valence-corrected chi connectivity index (χ0v) is 8.76. The summed E-state index contributed by atoms with van der Waals surface area (Å²) in [6.07, 6.45) is 2.31. The van der Waals surface area contributed by atoms with E-state index in [-0.39, 0.29) is 0 Å². The number of isothiocyanates is 1. The van der Waals surface area contributed by atoms with E-state index in [1.165, 1.54) is 6.42 Å². The number of unbranched alkanes of at least 4 members (excludes halogenated alkanes) is 1. The third-order valence-electron chi connectivity index (χ3n) is 1.35. The third kappa shape index (κ3) is 11.0. The highest BCUT2D eigenvalue weighted by Crippen LogP contribution is 1.83. The van der Waals surface area contributed by atoms with Crippen molar-refractivity contribution >= 4 is 17.4 Å². The Balaban J connectivity index is 0.000000223. The first-order valence-electron chi connectivity index (χ1n) is 4.45. The highest BCUT2D eigenvalue weighted by molar-refractivity contribution is 7.78. The van der Waals surface area contributed by atoms with Crippen molar-refractivity contribution in [3.05, 3.63) is 36.4 Å². The Morgan fingerprint density at radius 3 is 1.85 bits per heavy atom. The minimum absolute atomic E-state index is 0.847. The van der Waals surface area contributed by atoms with Crippen LogP contribution in [-0.2, 0) is 0 Å². The number of nitrogens with zero attached hydrogens (tertiary/aromatic N) is 1. The average Bonchev–Trinajstić information content (AvgIpc) is 2.22. The van der Waals surface area contributed by atoms with Crippen LogP contribution >= 0.6 is 12.2 Å². The molecule has 0 atom stereocenters. The fourth-order valence-electron chi connectivity index (χ4n) is 0.668. The van der Waals surface area contributed by atoms with Gasteiger partial charge in [0.05, 0.1) is 5.16 Å². The number of aliphatic imine (C=N–C) groups is 1. The number of hydrogen-bond donors (Lipinski definition) is 0. The smallest absolute Gasteiger partial charge is 0.0584 e. The first kappa shape index (κ1) is 12.0. The quantitative estimate of drug-likeness (QED) is 0.406. The second kappa shape index (κ2) is 11.0. The molecule has 1 nitrogen and oxygen atoms in total. The van der Waals surface area contributed by atoms with Gasteiger partial charge in [-0.1, -0.05) is 49.7 Å². The van der Waals surface area contributed by atoms with Crippen molar-refractivity contribution in [1.82, 2.24) is 0 Å². The van der Waals surface area contributed by atoms with Crippen molar-refractivity contribution in [2.24, 2.45) is 4.99 Å². The number of rotatable bonds is 3. The Kier molecular flexibility index (Phi) is 10.2. The molecule has 0 aliphatic heterocycles. The van der Waals surface area contributed by atoms with Gasteiger partial charge in [0.15, 0.2) is 0 Å². The molecule has 0 saturated carbocycles. The molecule has 70 valence electrons. The summed E-state index contributed by atoms with van der Waals surface area (Å²) < 4.78 is 0.